The minimum atomic E-state index is -0.104. The summed E-state index contributed by atoms with van der Waals surface area (Å²) in [5, 5.41) is 4.42. The molecule has 0 aliphatic carbocycles. The lowest BCUT2D eigenvalue weighted by Crippen LogP contribution is -2.27. The van der Waals surface area contributed by atoms with Gasteiger partial charge in [0.05, 0.1) is 11.3 Å². The number of halogens is 1. The van der Waals surface area contributed by atoms with Crippen LogP contribution in [0.25, 0.3) is 10.9 Å². The zero-order valence-electron chi connectivity index (χ0n) is 15.3. The lowest BCUT2D eigenvalue weighted by Gasteiger charge is -2.10. The first kappa shape index (κ1) is 19.5. The van der Waals surface area contributed by atoms with E-state index in [0.29, 0.717) is 11.6 Å². The molecule has 2 aromatic carbocycles. The number of thioether (sulfide) groups is 1. The molecule has 0 radical (unpaired) electrons. The van der Waals surface area contributed by atoms with Crippen molar-refractivity contribution in [3.8, 4) is 0 Å². The Balaban J connectivity index is 1.62. The summed E-state index contributed by atoms with van der Waals surface area (Å²) in [6.07, 6.45) is 0.794. The van der Waals surface area contributed by atoms with Crippen LogP contribution in [-0.4, -0.2) is 22.8 Å². The maximum absolute atomic E-state index is 12.2. The van der Waals surface area contributed by atoms with Crippen molar-refractivity contribution in [1.82, 2.24) is 9.88 Å². The van der Waals surface area contributed by atoms with Crippen LogP contribution >= 0.6 is 23.4 Å². The predicted octanol–water partition coefficient (Wildman–Crippen LogP) is 3.95. The van der Waals surface area contributed by atoms with Crippen LogP contribution in [0.2, 0.25) is 5.02 Å². The first-order chi connectivity index (χ1) is 12.9. The largest absolute Gasteiger partial charge is 0.355 e. The molecule has 3 aromatic rings. The minimum Gasteiger partial charge on any atom is -0.355 e. The Morgan fingerprint density at radius 1 is 1.19 bits per heavy atom. The Bertz CT molecular complexity index is 1050. The van der Waals surface area contributed by atoms with Gasteiger partial charge in [-0.15, -0.1) is 11.8 Å². The van der Waals surface area contributed by atoms with Gasteiger partial charge in [-0.05, 0) is 37.1 Å². The molecule has 6 heteroatoms. The van der Waals surface area contributed by atoms with Crippen molar-refractivity contribution in [2.24, 2.45) is 7.05 Å². The number of carbonyl (C=O) groups is 1. The van der Waals surface area contributed by atoms with Crippen LogP contribution in [0.5, 0.6) is 0 Å². The van der Waals surface area contributed by atoms with Gasteiger partial charge in [-0.25, -0.2) is 0 Å². The molecule has 0 saturated carbocycles. The molecule has 1 N–H and O–H groups in total. The molecule has 1 heterocycles. The highest BCUT2D eigenvalue weighted by Crippen LogP contribution is 2.28. The number of fused-ring (bicyclic) bond motifs is 1. The number of hydrogen-bond acceptors (Lipinski definition) is 3. The molecule has 0 atom stereocenters. The molecule has 27 heavy (non-hydrogen) atoms. The van der Waals surface area contributed by atoms with Gasteiger partial charge in [0.15, 0.2) is 0 Å². The van der Waals surface area contributed by atoms with Crippen molar-refractivity contribution in [2.45, 2.75) is 18.2 Å². The Labute approximate surface area is 167 Å². The van der Waals surface area contributed by atoms with Crippen LogP contribution in [-0.2, 0) is 18.3 Å². The van der Waals surface area contributed by atoms with Crippen LogP contribution in [0.4, 0.5) is 0 Å². The van der Waals surface area contributed by atoms with E-state index >= 15 is 0 Å². The van der Waals surface area contributed by atoms with Crippen molar-refractivity contribution in [2.75, 3.05) is 12.3 Å². The molecule has 0 saturated heterocycles. The van der Waals surface area contributed by atoms with E-state index in [1.54, 1.807) is 23.7 Å². The molecule has 4 nitrogen and oxygen atoms in total. The van der Waals surface area contributed by atoms with Gasteiger partial charge in [-0.3, -0.25) is 9.59 Å². The van der Waals surface area contributed by atoms with Crippen LogP contribution in [0.1, 0.15) is 11.1 Å². The first-order valence-electron chi connectivity index (χ1n) is 8.68. The average Bonchev–Trinajstić information content (AvgIpc) is 2.63. The van der Waals surface area contributed by atoms with E-state index in [0.717, 1.165) is 22.2 Å². The highest BCUT2D eigenvalue weighted by Gasteiger charge is 2.10. The van der Waals surface area contributed by atoms with Crippen molar-refractivity contribution < 1.29 is 4.79 Å². The van der Waals surface area contributed by atoms with Crippen LogP contribution in [0.3, 0.4) is 0 Å². The third kappa shape index (κ3) is 4.93. The van der Waals surface area contributed by atoms with E-state index in [1.807, 2.05) is 18.2 Å². The molecular formula is C21H21ClN2O2S. The van der Waals surface area contributed by atoms with Gasteiger partial charge in [-0.1, -0.05) is 41.4 Å². The summed E-state index contributed by atoms with van der Waals surface area (Å²) in [4.78, 5) is 25.1. The Kier molecular flexibility index (Phi) is 6.24. The maximum atomic E-state index is 12.2. The zero-order valence-corrected chi connectivity index (χ0v) is 16.9. The van der Waals surface area contributed by atoms with E-state index in [2.05, 4.69) is 30.4 Å². The fraction of sp³-hybridized carbons (Fsp3) is 0.238. The van der Waals surface area contributed by atoms with E-state index in [-0.39, 0.29) is 17.2 Å². The number of pyridine rings is 1. The highest BCUT2D eigenvalue weighted by molar-refractivity contribution is 8.00. The quantitative estimate of drug-likeness (QED) is 0.637. The number of carbonyl (C=O) groups excluding carboxylic acids is 1. The number of benzene rings is 2. The molecule has 0 aliphatic heterocycles. The molecule has 1 amide bonds. The minimum absolute atomic E-state index is 0.0523. The van der Waals surface area contributed by atoms with Gasteiger partial charge in [0, 0.05) is 35.0 Å². The summed E-state index contributed by atoms with van der Waals surface area (Å²) in [7, 11) is 1.73. The van der Waals surface area contributed by atoms with Crippen LogP contribution in [0.15, 0.2) is 58.2 Å². The smallest absolute Gasteiger partial charge is 0.251 e. The van der Waals surface area contributed by atoms with E-state index in [4.69, 9.17) is 11.6 Å². The van der Waals surface area contributed by atoms with Gasteiger partial charge in [-0.2, -0.15) is 0 Å². The summed E-state index contributed by atoms with van der Waals surface area (Å²) >= 11 is 7.46. The van der Waals surface area contributed by atoms with Crippen molar-refractivity contribution in [3.63, 3.8) is 0 Å². The monoisotopic (exact) mass is 400 g/mol. The summed E-state index contributed by atoms with van der Waals surface area (Å²) in [6, 6.07) is 15.2. The second-order valence-electron chi connectivity index (χ2n) is 6.44. The third-order valence-electron chi connectivity index (χ3n) is 4.35. The fourth-order valence-corrected chi connectivity index (χ4v) is 4.00. The number of nitrogens with zero attached hydrogens (tertiary/aromatic N) is 1. The SMILES string of the molecule is Cc1cccc(CCNC(=O)CSc2cc(=O)n(C)c3ccc(Cl)cc23)c1. The standard InChI is InChI=1S/C21H21ClN2O2S/c1-14-4-3-5-15(10-14)8-9-23-20(25)13-27-19-12-21(26)24(2)18-7-6-16(22)11-17(18)19/h3-7,10-12H,8-9,13H2,1-2H3,(H,23,25). The van der Waals surface area contributed by atoms with Crippen molar-refractivity contribution >= 4 is 40.2 Å². The van der Waals surface area contributed by atoms with Gasteiger partial charge in [0.25, 0.3) is 5.56 Å². The van der Waals surface area contributed by atoms with Gasteiger partial charge in [0.2, 0.25) is 5.91 Å². The molecule has 1 aromatic heterocycles. The van der Waals surface area contributed by atoms with Gasteiger partial charge in [0.1, 0.15) is 0 Å². The van der Waals surface area contributed by atoms with E-state index < -0.39 is 0 Å². The Morgan fingerprint density at radius 2 is 2.00 bits per heavy atom. The number of aromatic nitrogens is 1. The molecule has 3 rings (SSSR count). The summed E-state index contributed by atoms with van der Waals surface area (Å²) in [6.45, 7) is 2.64. The number of nitrogens with one attached hydrogen (secondary N) is 1. The second kappa shape index (κ2) is 8.63. The number of aryl methyl sites for hydroxylation is 2. The third-order valence-corrected chi connectivity index (χ3v) is 5.64. The van der Waals surface area contributed by atoms with Crippen molar-refractivity contribution in [3.05, 3.63) is 75.0 Å². The predicted molar refractivity (Wildman–Crippen MR) is 113 cm³/mol. The van der Waals surface area contributed by atoms with Crippen LogP contribution < -0.4 is 10.9 Å². The molecule has 0 spiro atoms. The molecule has 0 unspecified atom stereocenters. The average molecular weight is 401 g/mol. The fourth-order valence-electron chi connectivity index (χ4n) is 2.93. The van der Waals surface area contributed by atoms with E-state index in [9.17, 15) is 9.59 Å². The molecule has 0 fully saturated rings. The highest BCUT2D eigenvalue weighted by atomic mass is 35.5. The first-order valence-corrected chi connectivity index (χ1v) is 10.0. The van der Waals surface area contributed by atoms with Gasteiger partial charge < -0.3 is 9.88 Å². The number of rotatable bonds is 6. The maximum Gasteiger partial charge on any atom is 0.251 e. The number of hydrogen-bond donors (Lipinski definition) is 1. The molecular weight excluding hydrogens is 380 g/mol. The Morgan fingerprint density at radius 3 is 2.78 bits per heavy atom. The van der Waals surface area contributed by atoms with Crippen LogP contribution in [0, 0.1) is 6.92 Å². The molecule has 0 aliphatic rings. The summed E-state index contributed by atoms with van der Waals surface area (Å²) in [5.41, 5.74) is 3.11. The molecule has 140 valence electrons. The topological polar surface area (TPSA) is 51.1 Å². The normalized spacial score (nSPS) is 10.9. The zero-order chi connectivity index (χ0) is 19.4. The van der Waals surface area contributed by atoms with Gasteiger partial charge >= 0.3 is 0 Å². The van der Waals surface area contributed by atoms with E-state index in [1.165, 1.54) is 22.9 Å². The summed E-state index contributed by atoms with van der Waals surface area (Å²) < 4.78 is 1.58. The Hall–Kier alpha value is -2.24. The lowest BCUT2D eigenvalue weighted by molar-refractivity contribution is -0.118. The summed E-state index contributed by atoms with van der Waals surface area (Å²) in [5.74, 6) is 0.200. The second-order valence-corrected chi connectivity index (χ2v) is 7.90. The number of amides is 1. The molecule has 0 bridgehead atoms. The lowest BCUT2D eigenvalue weighted by atomic mass is 10.1. The van der Waals surface area contributed by atoms with Crippen molar-refractivity contribution in [1.29, 1.82) is 0 Å².